The number of rotatable bonds is 3. The molecular weight excluding hydrogens is 206 g/mol. The molecule has 0 atom stereocenters. The molecule has 0 saturated carbocycles. The Balaban J connectivity index is 3.41. The van der Waals surface area contributed by atoms with E-state index in [0.29, 0.717) is 0 Å². The van der Waals surface area contributed by atoms with Crippen molar-refractivity contribution >= 4 is 0 Å². The molecule has 1 aromatic rings. The van der Waals surface area contributed by atoms with Gasteiger partial charge in [-0.15, -0.1) is 0 Å². The second-order valence-corrected chi connectivity index (χ2v) is 2.76. The Bertz CT molecular complexity index is 405. The average molecular weight is 213 g/mol. The van der Waals surface area contributed by atoms with Crippen LogP contribution in [0.4, 0.5) is 0 Å². The van der Waals surface area contributed by atoms with E-state index >= 15 is 0 Å². The van der Waals surface area contributed by atoms with Gasteiger partial charge in [-0.2, -0.15) is 5.73 Å². The third-order valence-electron chi connectivity index (χ3n) is 1.86. The molecule has 0 bridgehead atoms. The van der Waals surface area contributed by atoms with Crippen LogP contribution in [-0.2, 0) is 5.79 Å². The van der Waals surface area contributed by atoms with Crippen LogP contribution in [0.15, 0.2) is 24.3 Å². The molecule has 0 unspecified atom stereocenters. The van der Waals surface area contributed by atoms with E-state index in [1.165, 1.54) is 12.1 Å². The number of hydrogen-bond acceptors (Lipinski definition) is 6. The molecule has 80 valence electrons. The van der Waals surface area contributed by atoms with Crippen LogP contribution in [0.3, 0.4) is 0 Å². The molecule has 0 amide bonds. The maximum Gasteiger partial charge on any atom is 0.549 e. The summed E-state index contributed by atoms with van der Waals surface area (Å²) >= 11 is 0. The van der Waals surface area contributed by atoms with Crippen molar-refractivity contribution in [2.75, 3.05) is 0 Å². The second kappa shape index (κ2) is 3.50. The van der Waals surface area contributed by atoms with Gasteiger partial charge in [-0.3, -0.25) is 20.2 Å². The minimum absolute atomic E-state index is 0.556. The lowest BCUT2D eigenvalue weighted by atomic mass is 10.1. The summed E-state index contributed by atoms with van der Waals surface area (Å²) in [5.41, 5.74) is 4.49. The van der Waals surface area contributed by atoms with Gasteiger partial charge in [0.15, 0.2) is 5.56 Å². The second-order valence-electron chi connectivity index (χ2n) is 2.76. The summed E-state index contributed by atoms with van der Waals surface area (Å²) in [7, 11) is 0. The zero-order chi connectivity index (χ0) is 11.6. The Morgan fingerprint density at radius 3 is 2.07 bits per heavy atom. The molecule has 15 heavy (non-hydrogen) atoms. The summed E-state index contributed by atoms with van der Waals surface area (Å²) < 4.78 is 0. The van der Waals surface area contributed by atoms with Crippen molar-refractivity contribution in [3.8, 4) is 5.75 Å². The van der Waals surface area contributed by atoms with E-state index in [1.54, 1.807) is 0 Å². The van der Waals surface area contributed by atoms with Crippen molar-refractivity contribution < 1.29 is 15.0 Å². The number of nitro groups is 2. The van der Waals surface area contributed by atoms with Gasteiger partial charge in [-0.05, 0) is 12.1 Å². The third kappa shape index (κ3) is 1.57. The van der Waals surface area contributed by atoms with E-state index in [2.05, 4.69) is 0 Å². The summed E-state index contributed by atoms with van der Waals surface area (Å²) in [4.78, 5) is 18.6. The van der Waals surface area contributed by atoms with Gasteiger partial charge in [0.2, 0.25) is 0 Å². The SMILES string of the molecule is NC(c1ccccc1O)([N+](=O)[O-])[N+](=O)[O-]. The van der Waals surface area contributed by atoms with Gasteiger partial charge >= 0.3 is 5.79 Å². The fraction of sp³-hybridized carbons (Fsp3) is 0.143. The van der Waals surface area contributed by atoms with Crippen LogP contribution in [0.1, 0.15) is 5.56 Å². The number of aromatic hydroxyl groups is 1. The third-order valence-corrected chi connectivity index (χ3v) is 1.86. The van der Waals surface area contributed by atoms with Crippen LogP contribution in [0.25, 0.3) is 0 Å². The van der Waals surface area contributed by atoms with Crippen LogP contribution in [-0.4, -0.2) is 15.0 Å². The monoisotopic (exact) mass is 213 g/mol. The van der Waals surface area contributed by atoms with Gasteiger partial charge < -0.3 is 5.11 Å². The fourth-order valence-corrected chi connectivity index (χ4v) is 1.05. The number of benzene rings is 1. The topological polar surface area (TPSA) is 133 Å². The fourth-order valence-electron chi connectivity index (χ4n) is 1.05. The highest BCUT2D eigenvalue weighted by molar-refractivity contribution is 5.34. The number of phenolic OH excluding ortho intramolecular Hbond substituents is 1. The minimum atomic E-state index is -3.02. The molecule has 0 radical (unpaired) electrons. The Kier molecular flexibility index (Phi) is 2.53. The zero-order valence-electron chi connectivity index (χ0n) is 7.36. The zero-order valence-corrected chi connectivity index (χ0v) is 7.36. The highest BCUT2D eigenvalue weighted by Crippen LogP contribution is 2.27. The van der Waals surface area contributed by atoms with Crippen LogP contribution in [0.5, 0.6) is 5.75 Å². The molecular formula is C7H7N3O5. The van der Waals surface area contributed by atoms with Gasteiger partial charge in [-0.1, -0.05) is 12.1 Å². The van der Waals surface area contributed by atoms with Gasteiger partial charge in [0, 0.05) is 0 Å². The van der Waals surface area contributed by atoms with Crippen LogP contribution < -0.4 is 5.73 Å². The van der Waals surface area contributed by atoms with Gasteiger partial charge in [0.05, 0.1) is 0 Å². The lowest BCUT2D eigenvalue weighted by Crippen LogP contribution is -2.51. The van der Waals surface area contributed by atoms with Gasteiger partial charge in [0.1, 0.15) is 15.6 Å². The summed E-state index contributed by atoms with van der Waals surface area (Å²) in [6.07, 6.45) is 0. The number of phenols is 1. The van der Waals surface area contributed by atoms with Crippen molar-refractivity contribution in [1.82, 2.24) is 0 Å². The molecule has 0 saturated heterocycles. The largest absolute Gasteiger partial charge is 0.549 e. The molecule has 1 rings (SSSR count). The highest BCUT2D eigenvalue weighted by Gasteiger charge is 2.56. The molecule has 0 aromatic heterocycles. The highest BCUT2D eigenvalue weighted by atomic mass is 16.7. The predicted molar refractivity (Wildman–Crippen MR) is 48.0 cm³/mol. The normalized spacial score (nSPS) is 11.0. The maximum atomic E-state index is 10.5. The molecule has 8 heteroatoms. The molecule has 3 N–H and O–H groups in total. The van der Waals surface area contributed by atoms with E-state index in [9.17, 15) is 25.3 Å². The van der Waals surface area contributed by atoms with Crippen LogP contribution in [0, 0.1) is 20.2 Å². The van der Waals surface area contributed by atoms with E-state index in [1.807, 2.05) is 0 Å². The van der Waals surface area contributed by atoms with E-state index in [-0.39, 0.29) is 0 Å². The quantitative estimate of drug-likeness (QED) is 0.413. The molecule has 0 fully saturated rings. The first-order chi connectivity index (χ1) is 6.90. The molecule has 1 aromatic carbocycles. The summed E-state index contributed by atoms with van der Waals surface area (Å²) in [5, 5.41) is 30.3. The van der Waals surface area contributed by atoms with E-state index in [0.717, 1.165) is 12.1 Å². The maximum absolute atomic E-state index is 10.5. The van der Waals surface area contributed by atoms with Crippen molar-refractivity contribution in [1.29, 1.82) is 0 Å². The summed E-state index contributed by atoms with van der Waals surface area (Å²) in [5.74, 6) is -3.61. The van der Waals surface area contributed by atoms with Crippen molar-refractivity contribution in [2.24, 2.45) is 5.73 Å². The Morgan fingerprint density at radius 2 is 1.67 bits per heavy atom. The number of para-hydroxylation sites is 1. The Labute approximate surface area is 83.2 Å². The van der Waals surface area contributed by atoms with Gasteiger partial charge in [-0.25, -0.2) is 0 Å². The Morgan fingerprint density at radius 1 is 1.20 bits per heavy atom. The van der Waals surface area contributed by atoms with E-state index in [4.69, 9.17) is 5.73 Å². The predicted octanol–water partition coefficient (Wildman–Crippen LogP) is 0.0146. The summed E-state index contributed by atoms with van der Waals surface area (Å²) in [6.45, 7) is 0. The first-order valence-corrected chi connectivity index (χ1v) is 3.77. The van der Waals surface area contributed by atoms with Gasteiger partial charge in [0.25, 0.3) is 0 Å². The lowest BCUT2D eigenvalue weighted by Gasteiger charge is -2.12. The standard InChI is InChI=1S/C7H7N3O5/c8-7(9(12)13,10(14)15)5-3-1-2-4-6(5)11/h1-4,11H,8H2. The molecule has 0 spiro atoms. The van der Waals surface area contributed by atoms with Crippen molar-refractivity contribution in [3.63, 3.8) is 0 Å². The van der Waals surface area contributed by atoms with E-state index < -0.39 is 26.9 Å². The lowest BCUT2D eigenvalue weighted by molar-refractivity contribution is -0.809. The number of nitrogens with zero attached hydrogens (tertiary/aromatic N) is 2. The van der Waals surface area contributed by atoms with Crippen LogP contribution >= 0.6 is 0 Å². The molecule has 0 aliphatic heterocycles. The molecule has 0 aliphatic rings. The molecule has 8 nitrogen and oxygen atoms in total. The van der Waals surface area contributed by atoms with Crippen molar-refractivity contribution in [3.05, 3.63) is 50.1 Å². The minimum Gasteiger partial charge on any atom is -0.507 e. The smallest absolute Gasteiger partial charge is 0.507 e. The summed E-state index contributed by atoms with van der Waals surface area (Å²) in [6, 6.07) is 4.80. The first kappa shape index (κ1) is 10.9. The molecule has 0 heterocycles. The number of nitrogens with two attached hydrogens (primary N) is 1. The average Bonchev–Trinajstić information content (AvgIpc) is 2.16. The molecule has 0 aliphatic carbocycles. The number of hydrogen-bond donors (Lipinski definition) is 2. The van der Waals surface area contributed by atoms with Crippen molar-refractivity contribution in [2.45, 2.75) is 5.79 Å². The Hall–Kier alpha value is -2.22. The van der Waals surface area contributed by atoms with Crippen LogP contribution in [0.2, 0.25) is 0 Å². The first-order valence-electron chi connectivity index (χ1n) is 3.77.